The van der Waals surface area contributed by atoms with E-state index >= 15 is 0 Å². The van der Waals surface area contributed by atoms with Gasteiger partial charge in [-0.05, 0) is 93.0 Å². The molecule has 232 valence electrons. The Labute approximate surface area is 292 Å². The average molecular weight is 653 g/mol. The Morgan fingerprint density at radius 1 is 0.340 bits per heavy atom. The lowest BCUT2D eigenvalue weighted by Gasteiger charge is -2.14. The number of rotatable bonds is 3. The summed E-state index contributed by atoms with van der Waals surface area (Å²) >= 11 is 1.85. The fourth-order valence-electron chi connectivity index (χ4n) is 8.09. The van der Waals surface area contributed by atoms with E-state index in [4.69, 9.17) is 4.98 Å². The van der Waals surface area contributed by atoms with Gasteiger partial charge in [0.25, 0.3) is 0 Å². The van der Waals surface area contributed by atoms with Gasteiger partial charge in [-0.1, -0.05) is 109 Å². The summed E-state index contributed by atoms with van der Waals surface area (Å²) in [6.07, 6.45) is 0. The lowest BCUT2D eigenvalue weighted by atomic mass is 9.94. The molecule has 3 aromatic heterocycles. The maximum Gasteiger partial charge on any atom is 0.0709 e. The van der Waals surface area contributed by atoms with Crippen LogP contribution in [0.15, 0.2) is 170 Å². The van der Waals surface area contributed by atoms with Gasteiger partial charge in [-0.15, -0.1) is 11.3 Å². The third kappa shape index (κ3) is 4.05. The lowest BCUT2D eigenvalue weighted by Crippen LogP contribution is -1.94. The molecule has 0 bridgehead atoms. The Hall–Kier alpha value is -6.29. The van der Waals surface area contributed by atoms with E-state index in [0.29, 0.717) is 0 Å². The fraction of sp³-hybridized carbons (Fsp3) is 0. The molecular weight excluding hydrogens is 625 g/mol. The minimum absolute atomic E-state index is 0.973. The number of para-hydroxylation sites is 1. The number of pyridine rings is 1. The first-order valence-electron chi connectivity index (χ1n) is 17.0. The molecule has 0 unspecified atom stereocenters. The molecule has 2 nitrogen and oxygen atoms in total. The van der Waals surface area contributed by atoms with Gasteiger partial charge >= 0.3 is 0 Å². The third-order valence-electron chi connectivity index (χ3n) is 10.4. The van der Waals surface area contributed by atoms with Crippen molar-refractivity contribution in [2.45, 2.75) is 0 Å². The highest BCUT2D eigenvalue weighted by atomic mass is 32.1. The number of thiophene rings is 1. The highest BCUT2D eigenvalue weighted by molar-refractivity contribution is 7.25. The number of hydrogen-bond acceptors (Lipinski definition) is 2. The maximum atomic E-state index is 5.22. The van der Waals surface area contributed by atoms with Crippen molar-refractivity contribution >= 4 is 85.6 Å². The van der Waals surface area contributed by atoms with Crippen molar-refractivity contribution in [1.82, 2.24) is 9.55 Å². The Kier molecular flexibility index (Phi) is 5.86. The van der Waals surface area contributed by atoms with Crippen molar-refractivity contribution in [3.8, 4) is 28.2 Å². The summed E-state index contributed by atoms with van der Waals surface area (Å²) in [6.45, 7) is 0. The van der Waals surface area contributed by atoms with Crippen molar-refractivity contribution in [3.63, 3.8) is 0 Å². The molecule has 11 rings (SSSR count). The molecular formula is C47H28N2S. The molecule has 0 radical (unpaired) electrons. The van der Waals surface area contributed by atoms with E-state index in [1.807, 2.05) is 11.3 Å². The van der Waals surface area contributed by atoms with Crippen molar-refractivity contribution in [3.05, 3.63) is 170 Å². The zero-order valence-electron chi connectivity index (χ0n) is 27.0. The summed E-state index contributed by atoms with van der Waals surface area (Å²) in [6, 6.07) is 61.9. The van der Waals surface area contributed by atoms with E-state index in [-0.39, 0.29) is 0 Å². The molecule has 0 aliphatic carbocycles. The second kappa shape index (κ2) is 10.6. The van der Waals surface area contributed by atoms with Crippen molar-refractivity contribution < 1.29 is 0 Å². The second-order valence-electron chi connectivity index (χ2n) is 13.1. The topological polar surface area (TPSA) is 17.8 Å². The molecule has 0 aliphatic heterocycles. The van der Waals surface area contributed by atoms with E-state index in [2.05, 4.69) is 174 Å². The van der Waals surface area contributed by atoms with Crippen LogP contribution in [-0.4, -0.2) is 9.55 Å². The summed E-state index contributed by atoms with van der Waals surface area (Å²) < 4.78 is 5.04. The van der Waals surface area contributed by atoms with Crippen LogP contribution in [0.2, 0.25) is 0 Å². The molecule has 3 heteroatoms. The minimum Gasteiger partial charge on any atom is -0.309 e. The molecule has 0 spiro atoms. The molecule has 0 fully saturated rings. The lowest BCUT2D eigenvalue weighted by molar-refractivity contribution is 1.19. The number of benzene rings is 8. The number of nitrogens with zero attached hydrogens (tertiary/aromatic N) is 2. The summed E-state index contributed by atoms with van der Waals surface area (Å²) in [7, 11) is 0. The number of aromatic nitrogens is 2. The Bertz CT molecular complexity index is 3130. The second-order valence-corrected chi connectivity index (χ2v) is 14.2. The zero-order chi connectivity index (χ0) is 32.8. The first-order chi connectivity index (χ1) is 24.8. The van der Waals surface area contributed by atoms with Gasteiger partial charge in [-0.2, -0.15) is 0 Å². The summed E-state index contributed by atoms with van der Waals surface area (Å²) in [5.41, 5.74) is 7.75. The van der Waals surface area contributed by atoms with Crippen LogP contribution in [0.25, 0.3) is 102 Å². The van der Waals surface area contributed by atoms with Gasteiger partial charge in [0.1, 0.15) is 0 Å². The van der Waals surface area contributed by atoms with Gasteiger partial charge in [0, 0.05) is 47.8 Å². The van der Waals surface area contributed by atoms with Crippen LogP contribution in [0, 0.1) is 0 Å². The van der Waals surface area contributed by atoms with Crippen LogP contribution in [0.3, 0.4) is 0 Å². The van der Waals surface area contributed by atoms with Crippen LogP contribution in [0.4, 0.5) is 0 Å². The molecule has 0 atom stereocenters. The quantitative estimate of drug-likeness (QED) is 0.174. The molecule has 0 amide bonds. The predicted molar refractivity (Wildman–Crippen MR) is 215 cm³/mol. The molecule has 8 aromatic carbocycles. The van der Waals surface area contributed by atoms with Crippen LogP contribution in [0.5, 0.6) is 0 Å². The predicted octanol–water partition coefficient (Wildman–Crippen LogP) is 13.3. The Morgan fingerprint density at radius 3 is 1.62 bits per heavy atom. The van der Waals surface area contributed by atoms with Gasteiger partial charge in [0.15, 0.2) is 0 Å². The summed E-state index contributed by atoms with van der Waals surface area (Å²) in [5, 5.41) is 12.8. The molecule has 50 heavy (non-hydrogen) atoms. The van der Waals surface area contributed by atoms with E-state index in [9.17, 15) is 0 Å². The van der Waals surface area contributed by atoms with Gasteiger partial charge in [0.2, 0.25) is 0 Å². The fourth-order valence-corrected chi connectivity index (χ4v) is 9.17. The summed E-state index contributed by atoms with van der Waals surface area (Å²) in [5.74, 6) is 0. The Balaban J connectivity index is 1.07. The molecule has 0 saturated heterocycles. The van der Waals surface area contributed by atoms with Gasteiger partial charge in [0.05, 0.1) is 22.4 Å². The van der Waals surface area contributed by atoms with Crippen molar-refractivity contribution in [2.24, 2.45) is 0 Å². The monoisotopic (exact) mass is 652 g/mol. The highest BCUT2D eigenvalue weighted by Crippen LogP contribution is 2.40. The molecule has 0 N–H and O–H groups in total. The van der Waals surface area contributed by atoms with Crippen LogP contribution in [0.1, 0.15) is 0 Å². The number of fused-ring (bicyclic) bond motifs is 12. The summed E-state index contributed by atoms with van der Waals surface area (Å²) in [4.78, 5) is 5.22. The van der Waals surface area contributed by atoms with Gasteiger partial charge in [-0.25, -0.2) is 4.98 Å². The average Bonchev–Trinajstić information content (AvgIpc) is 3.73. The molecule has 0 aliphatic rings. The number of hydrogen-bond donors (Lipinski definition) is 0. The largest absolute Gasteiger partial charge is 0.309 e. The van der Waals surface area contributed by atoms with Crippen LogP contribution < -0.4 is 0 Å². The molecule has 3 heterocycles. The molecule has 11 aromatic rings. The van der Waals surface area contributed by atoms with Gasteiger partial charge < -0.3 is 4.57 Å². The maximum absolute atomic E-state index is 5.22. The normalized spacial score (nSPS) is 12.0. The molecule has 0 saturated carbocycles. The van der Waals surface area contributed by atoms with Crippen molar-refractivity contribution in [2.75, 3.05) is 0 Å². The third-order valence-corrected chi connectivity index (χ3v) is 11.5. The van der Waals surface area contributed by atoms with Gasteiger partial charge in [-0.3, -0.25) is 0 Å². The zero-order valence-corrected chi connectivity index (χ0v) is 27.8. The first kappa shape index (κ1) is 27.6. The SMILES string of the molecule is c1cc(-c2ccc3sc4ccccc4c3c2)nc(-c2ccc3c(c2)c2ccccc2n3-c2ccc3c4ccccc4c4ccccc4c3c2)c1. The van der Waals surface area contributed by atoms with E-state index in [1.54, 1.807) is 0 Å². The van der Waals surface area contributed by atoms with Crippen LogP contribution in [-0.2, 0) is 0 Å². The standard InChI is InChI=1S/C47H28N2S/c1-2-12-34-32(10-1)33-11-3-4-13-35(33)39-28-31(22-23-36(34)39)49-44-18-7-5-14-37(44)40-26-29(20-24-45(40)49)42-16-9-17-43(48-42)30-21-25-47-41(27-30)38-15-6-8-19-46(38)50-47/h1-28H. The van der Waals surface area contributed by atoms with E-state index in [0.717, 1.165) is 28.2 Å². The first-order valence-corrected chi connectivity index (χ1v) is 17.9. The van der Waals surface area contributed by atoms with Crippen LogP contribution >= 0.6 is 11.3 Å². The highest BCUT2D eigenvalue weighted by Gasteiger charge is 2.16. The Morgan fingerprint density at radius 2 is 0.880 bits per heavy atom. The van der Waals surface area contributed by atoms with Crippen molar-refractivity contribution in [1.29, 1.82) is 0 Å². The smallest absolute Gasteiger partial charge is 0.0709 e. The van der Waals surface area contributed by atoms with E-state index in [1.165, 1.54) is 74.3 Å². The minimum atomic E-state index is 0.973. The van der Waals surface area contributed by atoms with E-state index < -0.39 is 0 Å².